The van der Waals surface area contributed by atoms with Crippen LogP contribution < -0.4 is 5.32 Å². The van der Waals surface area contributed by atoms with Gasteiger partial charge in [-0.1, -0.05) is 5.16 Å². The van der Waals surface area contributed by atoms with Crippen LogP contribution in [0.4, 0.5) is 5.13 Å². The van der Waals surface area contributed by atoms with Gasteiger partial charge in [-0.05, 0) is 11.6 Å². The normalized spacial score (nSPS) is 9.89. The summed E-state index contributed by atoms with van der Waals surface area (Å²) in [6, 6.07) is 0. The monoisotopic (exact) mass is 331 g/mol. The fraction of sp³-hybridized carbons (Fsp3) is 0.250. The first kappa shape index (κ1) is 17.1. The van der Waals surface area contributed by atoms with E-state index >= 15 is 0 Å². The Morgan fingerprint density at radius 1 is 1.61 bits per heavy atom. The first-order valence-corrected chi connectivity index (χ1v) is 6.06. The number of halogens is 3. The molecule has 0 radical (unpaired) electrons. The third-order valence-electron chi connectivity index (χ3n) is 1.36. The topological polar surface area (TPSA) is 80.6 Å². The van der Waals surface area contributed by atoms with Crippen LogP contribution >= 0.6 is 46.9 Å². The zero-order chi connectivity index (χ0) is 12.7. The average molecular weight is 333 g/mol. The van der Waals surface area contributed by atoms with Crippen molar-refractivity contribution in [3.05, 3.63) is 11.1 Å². The Kier molecular flexibility index (Phi) is 8.65. The Morgan fingerprint density at radius 2 is 2.33 bits per heavy atom. The molecule has 0 atom stereocenters. The zero-order valence-electron chi connectivity index (χ0n) is 8.76. The number of nitrogens with zero attached hydrogens (tertiary/aromatic N) is 2. The van der Waals surface area contributed by atoms with E-state index in [0.29, 0.717) is 10.8 Å². The van der Waals surface area contributed by atoms with Crippen molar-refractivity contribution >= 4 is 69.4 Å². The Hall–Kier alpha value is -0.890. The summed E-state index contributed by atoms with van der Waals surface area (Å²) in [5.41, 5.74) is 0.569. The summed E-state index contributed by atoms with van der Waals surface area (Å²) < 4.78 is 0. The number of amides is 1. The summed E-state index contributed by atoms with van der Waals surface area (Å²) in [6.45, 7) is 0.0773. The van der Waals surface area contributed by atoms with Crippen molar-refractivity contribution in [1.29, 1.82) is 0 Å². The summed E-state index contributed by atoms with van der Waals surface area (Å²) in [4.78, 5) is 30.0. The molecule has 0 spiro atoms. The van der Waals surface area contributed by atoms with E-state index in [1.165, 1.54) is 11.3 Å². The van der Waals surface area contributed by atoms with Crippen molar-refractivity contribution in [2.75, 3.05) is 11.2 Å². The molecular formula is C8H8Cl3N3O3S. The summed E-state index contributed by atoms with van der Waals surface area (Å²) in [5.74, 6) is -0.465. The minimum atomic E-state index is -0.724. The van der Waals surface area contributed by atoms with Crippen LogP contribution in [0.3, 0.4) is 0 Å². The zero-order valence-corrected chi connectivity index (χ0v) is 11.9. The molecule has 1 amide bonds. The smallest absolute Gasteiger partial charge is 0.266 e. The Labute approximate surface area is 123 Å². The molecule has 1 heterocycles. The number of oxime groups is 1. The van der Waals surface area contributed by atoms with Gasteiger partial charge in [0, 0.05) is 5.38 Å². The fourth-order valence-electron chi connectivity index (χ4n) is 0.765. The molecule has 0 saturated heterocycles. The maximum Gasteiger partial charge on any atom is 0.266 e. The lowest BCUT2D eigenvalue weighted by Crippen LogP contribution is -2.12. The number of anilines is 1. The van der Waals surface area contributed by atoms with E-state index in [4.69, 9.17) is 28.0 Å². The van der Waals surface area contributed by atoms with Gasteiger partial charge in [-0.3, -0.25) is 9.59 Å². The van der Waals surface area contributed by atoms with Crippen molar-refractivity contribution in [1.82, 2.24) is 4.98 Å². The Balaban J connectivity index is 0.00000289. The predicted octanol–water partition coefficient (Wildman–Crippen LogP) is 2.01. The second-order valence-electron chi connectivity index (χ2n) is 2.64. The van der Waals surface area contributed by atoms with Crippen molar-refractivity contribution in [2.45, 2.75) is 6.61 Å². The maximum atomic E-state index is 10.9. The standard InChI is InChI=1S/C8H7Cl2N3O3S.ClH/c9-1-7(15)13-8-12-5(4-17-8)3-16-11-2-6(10)14;/h2,4H,1,3H2,(H,12,13,15);1H. The molecule has 6 nitrogen and oxygen atoms in total. The summed E-state index contributed by atoms with van der Waals surface area (Å²) >= 11 is 11.5. The molecular weight excluding hydrogens is 325 g/mol. The van der Waals surface area contributed by atoms with Crippen molar-refractivity contribution in [3.63, 3.8) is 0 Å². The van der Waals surface area contributed by atoms with Crippen molar-refractivity contribution in [2.24, 2.45) is 5.16 Å². The van der Waals surface area contributed by atoms with E-state index in [1.54, 1.807) is 5.38 Å². The number of alkyl halides is 1. The SMILES string of the molecule is Cl.O=C(Cl)C=NOCc1csc(NC(=O)CCl)n1. The number of thiazole rings is 1. The fourth-order valence-corrected chi connectivity index (χ4v) is 1.58. The summed E-state index contributed by atoms with van der Waals surface area (Å²) in [5, 5.41) is 7.17. The van der Waals surface area contributed by atoms with Gasteiger partial charge in [0.15, 0.2) is 11.7 Å². The van der Waals surface area contributed by atoms with E-state index in [1.807, 2.05) is 0 Å². The average Bonchev–Trinajstić information content (AvgIpc) is 2.72. The number of nitrogens with one attached hydrogen (secondary N) is 1. The lowest BCUT2D eigenvalue weighted by molar-refractivity contribution is -0.114. The lowest BCUT2D eigenvalue weighted by Gasteiger charge is -1.96. The van der Waals surface area contributed by atoms with Crippen LogP contribution in [0.15, 0.2) is 10.5 Å². The quantitative estimate of drug-likeness (QED) is 0.374. The van der Waals surface area contributed by atoms with Gasteiger partial charge in [-0.2, -0.15) is 0 Å². The molecule has 0 aliphatic carbocycles. The second kappa shape index (κ2) is 9.09. The second-order valence-corrected chi connectivity index (χ2v) is 4.14. The molecule has 0 aromatic carbocycles. The number of aromatic nitrogens is 1. The van der Waals surface area contributed by atoms with Crippen molar-refractivity contribution < 1.29 is 14.4 Å². The predicted molar refractivity (Wildman–Crippen MR) is 72.9 cm³/mol. The van der Waals surface area contributed by atoms with Gasteiger partial charge in [0.25, 0.3) is 5.24 Å². The van der Waals surface area contributed by atoms with Crippen LogP contribution in [0.25, 0.3) is 0 Å². The molecule has 10 heteroatoms. The number of hydrogen-bond acceptors (Lipinski definition) is 6. The number of carbonyl (C=O) groups excluding carboxylic acids is 2. The third kappa shape index (κ3) is 6.75. The van der Waals surface area contributed by atoms with Gasteiger partial charge in [-0.15, -0.1) is 35.3 Å². The molecule has 1 N–H and O–H groups in total. The highest BCUT2D eigenvalue weighted by atomic mass is 35.5. The molecule has 1 aromatic heterocycles. The van der Waals surface area contributed by atoms with Crippen LogP contribution in [0, 0.1) is 0 Å². The molecule has 1 rings (SSSR count). The van der Waals surface area contributed by atoms with Crippen LogP contribution in [0.1, 0.15) is 5.69 Å². The van der Waals surface area contributed by atoms with E-state index in [-0.39, 0.29) is 30.8 Å². The summed E-state index contributed by atoms with van der Waals surface area (Å²) in [7, 11) is 0. The third-order valence-corrected chi connectivity index (χ3v) is 2.51. The van der Waals surface area contributed by atoms with Gasteiger partial charge < -0.3 is 10.2 Å². The van der Waals surface area contributed by atoms with Crippen LogP contribution in [-0.2, 0) is 21.0 Å². The maximum absolute atomic E-state index is 10.9. The Morgan fingerprint density at radius 3 is 2.94 bits per heavy atom. The highest BCUT2D eigenvalue weighted by molar-refractivity contribution is 7.13. The van der Waals surface area contributed by atoms with Gasteiger partial charge in [0.05, 0.1) is 5.69 Å². The number of rotatable bonds is 6. The van der Waals surface area contributed by atoms with Gasteiger partial charge in [0.1, 0.15) is 12.1 Å². The molecule has 100 valence electrons. The van der Waals surface area contributed by atoms with E-state index < -0.39 is 5.24 Å². The first-order chi connectivity index (χ1) is 8.11. The highest BCUT2D eigenvalue weighted by Crippen LogP contribution is 2.15. The van der Waals surface area contributed by atoms with Crippen LogP contribution in [0.2, 0.25) is 0 Å². The van der Waals surface area contributed by atoms with Crippen LogP contribution in [0.5, 0.6) is 0 Å². The number of hydrogen-bond donors (Lipinski definition) is 1. The van der Waals surface area contributed by atoms with Crippen molar-refractivity contribution in [3.8, 4) is 0 Å². The van der Waals surface area contributed by atoms with Crippen LogP contribution in [-0.4, -0.2) is 28.2 Å². The lowest BCUT2D eigenvalue weighted by atomic mass is 10.5. The molecule has 0 aliphatic heterocycles. The highest BCUT2D eigenvalue weighted by Gasteiger charge is 2.05. The van der Waals surface area contributed by atoms with E-state index in [0.717, 1.165) is 6.21 Å². The molecule has 0 aliphatic rings. The van der Waals surface area contributed by atoms with Gasteiger partial charge >= 0.3 is 0 Å². The van der Waals surface area contributed by atoms with E-state index in [9.17, 15) is 9.59 Å². The largest absolute Gasteiger partial charge is 0.389 e. The van der Waals surface area contributed by atoms with Gasteiger partial charge in [0.2, 0.25) is 5.91 Å². The van der Waals surface area contributed by atoms with E-state index in [2.05, 4.69) is 15.5 Å². The first-order valence-electron chi connectivity index (χ1n) is 4.27. The minimum Gasteiger partial charge on any atom is -0.389 e. The molecule has 1 aromatic rings. The Bertz CT molecular complexity index is 438. The molecule has 0 bridgehead atoms. The molecule has 18 heavy (non-hydrogen) atoms. The van der Waals surface area contributed by atoms with Gasteiger partial charge in [-0.25, -0.2) is 4.98 Å². The molecule has 0 unspecified atom stereocenters. The summed E-state index contributed by atoms with van der Waals surface area (Å²) in [6.07, 6.45) is 0.837. The minimum absolute atomic E-state index is 0. The molecule has 0 saturated carbocycles. The number of carbonyl (C=O) groups is 2. The molecule has 0 fully saturated rings.